The van der Waals surface area contributed by atoms with Gasteiger partial charge in [-0.3, -0.25) is 4.98 Å². The molecule has 4 nitrogen and oxygen atoms in total. The van der Waals surface area contributed by atoms with E-state index in [4.69, 9.17) is 4.18 Å². The number of fused-ring (bicyclic) bond motifs is 1. The van der Waals surface area contributed by atoms with Crippen molar-refractivity contribution in [3.05, 3.63) is 60.9 Å². The molecule has 0 saturated heterocycles. The van der Waals surface area contributed by atoms with Gasteiger partial charge in [0.2, 0.25) is 0 Å². The van der Waals surface area contributed by atoms with Gasteiger partial charge in [0.05, 0.1) is 3.57 Å². The lowest BCUT2D eigenvalue weighted by Crippen LogP contribution is -2.11. The fraction of sp³-hybridized carbons (Fsp3) is 0.118. The molecule has 0 amide bonds. The molecule has 0 unspecified atom stereocenters. The predicted molar refractivity (Wildman–Crippen MR) is 111 cm³/mol. The molecule has 24 heavy (non-hydrogen) atoms. The second kappa shape index (κ2) is 6.75. The van der Waals surface area contributed by atoms with Crippen molar-refractivity contribution in [1.29, 1.82) is 0 Å². The van der Waals surface area contributed by atoms with E-state index in [0.29, 0.717) is 9.09 Å². The summed E-state index contributed by atoms with van der Waals surface area (Å²) < 4.78 is 32.6. The summed E-state index contributed by atoms with van der Waals surface area (Å²) in [5.41, 5.74) is 2.48. The molecule has 3 aromatic rings. The molecule has 0 fully saturated rings. The van der Waals surface area contributed by atoms with E-state index in [0.717, 1.165) is 20.1 Å². The van der Waals surface area contributed by atoms with E-state index in [9.17, 15) is 8.42 Å². The van der Waals surface area contributed by atoms with Crippen LogP contribution >= 0.6 is 45.2 Å². The van der Waals surface area contributed by atoms with Crippen molar-refractivity contribution in [2.75, 3.05) is 0 Å². The van der Waals surface area contributed by atoms with E-state index < -0.39 is 10.1 Å². The number of pyridine rings is 1. The number of benzene rings is 2. The van der Waals surface area contributed by atoms with E-state index >= 15 is 0 Å². The summed E-state index contributed by atoms with van der Waals surface area (Å²) in [5, 5.41) is 0.865. The smallest absolute Gasteiger partial charge is 0.339 e. The highest BCUT2D eigenvalue weighted by Crippen LogP contribution is 2.34. The second-order valence-electron chi connectivity index (χ2n) is 5.35. The summed E-state index contributed by atoms with van der Waals surface area (Å²) in [4.78, 5) is 4.46. The Balaban J connectivity index is 2.14. The average Bonchev–Trinajstić information content (AvgIpc) is 2.54. The van der Waals surface area contributed by atoms with Gasteiger partial charge in [-0.05, 0) is 94.4 Å². The van der Waals surface area contributed by atoms with Crippen molar-refractivity contribution >= 4 is 66.2 Å². The molecule has 0 saturated carbocycles. The Morgan fingerprint density at radius 1 is 1.00 bits per heavy atom. The highest BCUT2D eigenvalue weighted by Gasteiger charge is 2.22. The third kappa shape index (κ3) is 3.38. The Kier molecular flexibility index (Phi) is 5.03. The molecule has 0 bridgehead atoms. The number of halogens is 2. The zero-order valence-electron chi connectivity index (χ0n) is 12.9. The molecular formula is C17H13I2NO3S. The molecule has 0 spiro atoms. The summed E-state index contributed by atoms with van der Waals surface area (Å²) in [5.74, 6) is 0.268. The Bertz CT molecular complexity index is 1050. The first kappa shape index (κ1) is 17.9. The van der Waals surface area contributed by atoms with Gasteiger partial charge in [0.25, 0.3) is 0 Å². The summed E-state index contributed by atoms with van der Waals surface area (Å²) in [6, 6.07) is 10.6. The number of hydrogen-bond donors (Lipinski definition) is 0. The maximum Gasteiger partial charge on any atom is 0.339 e. The molecule has 7 heteroatoms. The van der Waals surface area contributed by atoms with Crippen molar-refractivity contribution in [3.63, 3.8) is 0 Å². The number of aromatic nitrogens is 1. The van der Waals surface area contributed by atoms with Crippen LogP contribution in [-0.2, 0) is 10.1 Å². The minimum atomic E-state index is -3.93. The quantitative estimate of drug-likeness (QED) is 0.338. The van der Waals surface area contributed by atoms with Crippen LogP contribution in [0.5, 0.6) is 5.75 Å². The normalized spacial score (nSPS) is 11.7. The summed E-state index contributed by atoms with van der Waals surface area (Å²) in [7, 11) is -3.93. The minimum absolute atomic E-state index is 0.143. The monoisotopic (exact) mass is 565 g/mol. The van der Waals surface area contributed by atoms with Gasteiger partial charge in [0, 0.05) is 15.2 Å². The minimum Gasteiger partial charge on any atom is -0.375 e. The summed E-state index contributed by atoms with van der Waals surface area (Å²) in [6.45, 7) is 3.81. The molecular weight excluding hydrogens is 552 g/mol. The van der Waals surface area contributed by atoms with Crippen molar-refractivity contribution in [1.82, 2.24) is 4.98 Å². The molecule has 124 valence electrons. The van der Waals surface area contributed by atoms with Gasteiger partial charge in [0.15, 0.2) is 5.75 Å². The molecule has 0 N–H and O–H groups in total. The zero-order valence-corrected chi connectivity index (χ0v) is 18.0. The molecule has 0 radical (unpaired) electrons. The predicted octanol–water partition coefficient (Wildman–Crippen LogP) is 4.83. The van der Waals surface area contributed by atoms with Crippen LogP contribution in [0.25, 0.3) is 10.9 Å². The Hall–Kier alpha value is -0.940. The van der Waals surface area contributed by atoms with E-state index in [1.54, 1.807) is 24.4 Å². The zero-order chi connectivity index (χ0) is 17.5. The van der Waals surface area contributed by atoms with Gasteiger partial charge >= 0.3 is 10.1 Å². The van der Waals surface area contributed by atoms with Gasteiger partial charge in [-0.25, -0.2) is 0 Å². The first-order valence-electron chi connectivity index (χ1n) is 7.04. The Labute approximate surface area is 168 Å². The van der Waals surface area contributed by atoms with E-state index in [2.05, 4.69) is 50.2 Å². The van der Waals surface area contributed by atoms with Gasteiger partial charge in [0.1, 0.15) is 10.4 Å². The first-order valence-corrected chi connectivity index (χ1v) is 10.6. The molecule has 0 atom stereocenters. The topological polar surface area (TPSA) is 56.3 Å². The maximum atomic E-state index is 12.7. The standard InChI is InChI=1S/C17H13I2NO3S/c1-10-5-6-12(8-11(10)2)24(21,22)23-17-15(19)9-14(18)13-4-3-7-20-16(13)17/h3-9H,1-2H3. The fourth-order valence-corrected chi connectivity index (χ4v) is 5.46. The lowest BCUT2D eigenvalue weighted by atomic mass is 10.1. The first-order chi connectivity index (χ1) is 11.3. The molecule has 0 aliphatic rings. The largest absolute Gasteiger partial charge is 0.375 e. The summed E-state index contributed by atoms with van der Waals surface area (Å²) >= 11 is 4.28. The van der Waals surface area contributed by atoms with Crippen molar-refractivity contribution in [2.45, 2.75) is 18.7 Å². The highest BCUT2D eigenvalue weighted by atomic mass is 127. The van der Waals surface area contributed by atoms with Crippen LogP contribution in [0, 0.1) is 21.0 Å². The number of nitrogens with zero attached hydrogens (tertiary/aromatic N) is 1. The van der Waals surface area contributed by atoms with Gasteiger partial charge in [-0.1, -0.05) is 12.1 Å². The third-order valence-electron chi connectivity index (χ3n) is 3.71. The maximum absolute atomic E-state index is 12.7. The van der Waals surface area contributed by atoms with Crippen LogP contribution < -0.4 is 4.18 Å². The molecule has 3 rings (SSSR count). The van der Waals surface area contributed by atoms with Crippen LogP contribution in [0.2, 0.25) is 0 Å². The van der Waals surface area contributed by atoms with Crippen LogP contribution in [-0.4, -0.2) is 13.4 Å². The van der Waals surface area contributed by atoms with E-state index in [1.807, 2.05) is 32.0 Å². The van der Waals surface area contributed by atoms with Crippen molar-refractivity contribution < 1.29 is 12.6 Å². The highest BCUT2D eigenvalue weighted by molar-refractivity contribution is 14.1. The van der Waals surface area contributed by atoms with Crippen LogP contribution in [0.15, 0.2) is 47.5 Å². The lowest BCUT2D eigenvalue weighted by molar-refractivity contribution is 0.486. The molecule has 1 aromatic heterocycles. The second-order valence-corrected chi connectivity index (χ2v) is 9.22. The SMILES string of the molecule is Cc1ccc(S(=O)(=O)Oc2c(I)cc(I)c3cccnc23)cc1C. The van der Waals surface area contributed by atoms with Crippen LogP contribution in [0.1, 0.15) is 11.1 Å². The van der Waals surface area contributed by atoms with Gasteiger partial charge in [-0.15, -0.1) is 0 Å². The van der Waals surface area contributed by atoms with Crippen molar-refractivity contribution in [2.24, 2.45) is 0 Å². The Morgan fingerprint density at radius 2 is 1.75 bits per heavy atom. The number of rotatable bonds is 3. The third-order valence-corrected chi connectivity index (χ3v) is 6.62. The Morgan fingerprint density at radius 3 is 2.46 bits per heavy atom. The van der Waals surface area contributed by atoms with E-state index in [1.165, 1.54) is 0 Å². The van der Waals surface area contributed by atoms with Crippen LogP contribution in [0.3, 0.4) is 0 Å². The van der Waals surface area contributed by atoms with Gasteiger partial charge < -0.3 is 4.18 Å². The van der Waals surface area contributed by atoms with Crippen LogP contribution in [0.4, 0.5) is 0 Å². The average molecular weight is 565 g/mol. The number of aryl methyl sites for hydroxylation is 2. The number of hydrogen-bond acceptors (Lipinski definition) is 4. The fourth-order valence-electron chi connectivity index (χ4n) is 2.25. The van der Waals surface area contributed by atoms with Gasteiger partial charge in [-0.2, -0.15) is 8.42 Å². The summed E-state index contributed by atoms with van der Waals surface area (Å²) in [6.07, 6.45) is 1.63. The molecule has 2 aromatic carbocycles. The lowest BCUT2D eigenvalue weighted by Gasteiger charge is -2.12. The molecule has 0 aliphatic carbocycles. The molecule has 1 heterocycles. The van der Waals surface area contributed by atoms with E-state index in [-0.39, 0.29) is 10.6 Å². The molecule has 0 aliphatic heterocycles. The van der Waals surface area contributed by atoms with Crippen molar-refractivity contribution in [3.8, 4) is 5.75 Å².